The minimum Gasteiger partial charge on any atom is -0.490 e. The van der Waals surface area contributed by atoms with Crippen molar-refractivity contribution in [3.8, 4) is 11.5 Å². The van der Waals surface area contributed by atoms with Gasteiger partial charge in [0.25, 0.3) is 5.91 Å². The lowest BCUT2D eigenvalue weighted by Gasteiger charge is -2.13. The first kappa shape index (κ1) is 26.5. The van der Waals surface area contributed by atoms with E-state index in [0.717, 1.165) is 15.6 Å². The number of thioether (sulfide) groups is 1. The summed E-state index contributed by atoms with van der Waals surface area (Å²) in [7, 11) is 3.00. The molecule has 3 aromatic rings. The molecule has 1 amide bonds. The highest BCUT2D eigenvalue weighted by molar-refractivity contribution is 9.10. The maximum atomic E-state index is 12.9. The van der Waals surface area contributed by atoms with E-state index in [2.05, 4.69) is 20.9 Å². The number of aliphatic imine (C=N–C) groups is 1. The fourth-order valence-electron chi connectivity index (χ4n) is 3.48. The minimum atomic E-state index is -0.444. The molecular weight excluding hydrogens is 556 g/mol. The van der Waals surface area contributed by atoms with Gasteiger partial charge in [-0.1, -0.05) is 40.2 Å². The summed E-state index contributed by atoms with van der Waals surface area (Å²) in [4.78, 5) is 31.3. The Morgan fingerprint density at radius 1 is 1.05 bits per heavy atom. The molecule has 0 bridgehead atoms. The van der Waals surface area contributed by atoms with Crippen LogP contribution in [0.1, 0.15) is 28.4 Å². The van der Waals surface area contributed by atoms with Gasteiger partial charge in [0.1, 0.15) is 6.61 Å². The van der Waals surface area contributed by atoms with Crippen LogP contribution >= 0.6 is 27.7 Å². The maximum Gasteiger partial charge on any atom is 0.337 e. The summed E-state index contributed by atoms with van der Waals surface area (Å²) in [5, 5.41) is 0.512. The molecule has 9 heteroatoms. The third-order valence-corrected chi connectivity index (χ3v) is 6.96. The van der Waals surface area contributed by atoms with Crippen molar-refractivity contribution in [3.63, 3.8) is 0 Å². The van der Waals surface area contributed by atoms with Crippen molar-refractivity contribution < 1.29 is 23.8 Å². The summed E-state index contributed by atoms with van der Waals surface area (Å²) >= 11 is 4.70. The van der Waals surface area contributed by atoms with Gasteiger partial charge in [0.2, 0.25) is 0 Å². The van der Waals surface area contributed by atoms with E-state index >= 15 is 0 Å². The Balaban J connectivity index is 1.54. The van der Waals surface area contributed by atoms with Crippen molar-refractivity contribution in [2.45, 2.75) is 13.5 Å². The zero-order valence-corrected chi connectivity index (χ0v) is 23.0. The number of halogens is 1. The van der Waals surface area contributed by atoms with Gasteiger partial charge in [-0.2, -0.15) is 0 Å². The molecule has 1 aliphatic heterocycles. The normalized spacial score (nSPS) is 15.4. The molecule has 0 unspecified atom stereocenters. The summed E-state index contributed by atoms with van der Waals surface area (Å²) < 4.78 is 17.6. The van der Waals surface area contributed by atoms with Crippen LogP contribution in [0.15, 0.2) is 81.1 Å². The molecule has 1 fully saturated rings. The lowest BCUT2D eigenvalue weighted by atomic mass is 10.1. The predicted octanol–water partition coefficient (Wildman–Crippen LogP) is 6.45. The van der Waals surface area contributed by atoms with Crippen molar-refractivity contribution >= 4 is 56.5 Å². The van der Waals surface area contributed by atoms with Crippen molar-refractivity contribution in [1.29, 1.82) is 0 Å². The summed E-state index contributed by atoms with van der Waals surface area (Å²) in [6, 6.07) is 20.3. The van der Waals surface area contributed by atoms with E-state index < -0.39 is 5.97 Å². The molecule has 1 aliphatic rings. The van der Waals surface area contributed by atoms with E-state index in [1.54, 1.807) is 37.4 Å². The molecule has 3 aromatic carbocycles. The quantitative estimate of drug-likeness (QED) is 0.225. The highest BCUT2D eigenvalue weighted by atomic mass is 79.9. The van der Waals surface area contributed by atoms with Crippen LogP contribution in [0.3, 0.4) is 0 Å². The van der Waals surface area contributed by atoms with Gasteiger partial charge in [-0.15, -0.1) is 0 Å². The topological polar surface area (TPSA) is 77.4 Å². The Morgan fingerprint density at radius 3 is 2.57 bits per heavy atom. The molecule has 0 atom stereocenters. The summed E-state index contributed by atoms with van der Waals surface area (Å²) in [6.45, 7) is 2.79. The molecule has 0 saturated carbocycles. The number of amides is 1. The highest BCUT2D eigenvalue weighted by Gasteiger charge is 2.30. The van der Waals surface area contributed by atoms with E-state index in [1.165, 1.54) is 23.8 Å². The molecule has 37 heavy (non-hydrogen) atoms. The zero-order valence-electron chi connectivity index (χ0n) is 20.6. The van der Waals surface area contributed by atoms with Gasteiger partial charge in [-0.25, -0.2) is 9.79 Å². The molecule has 4 rings (SSSR count). The first-order valence-corrected chi connectivity index (χ1v) is 13.1. The van der Waals surface area contributed by atoms with Crippen LogP contribution in [-0.4, -0.2) is 42.7 Å². The Labute approximate surface area is 228 Å². The molecule has 1 saturated heterocycles. The van der Waals surface area contributed by atoms with Crippen molar-refractivity contribution in [3.05, 3.63) is 92.8 Å². The van der Waals surface area contributed by atoms with E-state index in [0.29, 0.717) is 46.0 Å². The van der Waals surface area contributed by atoms with Crippen LogP contribution in [0.2, 0.25) is 0 Å². The largest absolute Gasteiger partial charge is 0.490 e. The fraction of sp³-hybridized carbons (Fsp3) is 0.179. The fourth-order valence-corrected chi connectivity index (χ4v) is 4.73. The number of hydrogen-bond donors (Lipinski definition) is 0. The van der Waals surface area contributed by atoms with Gasteiger partial charge in [-0.3, -0.25) is 9.69 Å². The third kappa shape index (κ3) is 6.61. The van der Waals surface area contributed by atoms with Crippen LogP contribution in [0, 0.1) is 0 Å². The van der Waals surface area contributed by atoms with Gasteiger partial charge in [0, 0.05) is 11.5 Å². The number of rotatable bonds is 8. The van der Waals surface area contributed by atoms with Crippen LogP contribution in [0.25, 0.3) is 6.08 Å². The Morgan fingerprint density at radius 2 is 1.84 bits per heavy atom. The van der Waals surface area contributed by atoms with Gasteiger partial charge < -0.3 is 14.2 Å². The average molecular weight is 581 g/mol. The smallest absolute Gasteiger partial charge is 0.337 e. The van der Waals surface area contributed by atoms with Crippen molar-refractivity contribution in [2.24, 2.45) is 4.99 Å². The van der Waals surface area contributed by atoms with Gasteiger partial charge in [-0.05, 0) is 78.4 Å². The first-order chi connectivity index (χ1) is 17.9. The molecule has 0 aliphatic carbocycles. The summed E-state index contributed by atoms with van der Waals surface area (Å²) in [5.74, 6) is 0.621. The predicted molar refractivity (Wildman–Crippen MR) is 149 cm³/mol. The second kappa shape index (κ2) is 12.1. The Kier molecular flexibility index (Phi) is 8.68. The number of likely N-dealkylation sites (N-methyl/N-ethyl adjacent to an activating group) is 1. The second-order valence-electron chi connectivity index (χ2n) is 7.97. The second-order valence-corrected chi connectivity index (χ2v) is 9.89. The number of esters is 1. The third-order valence-electron chi connectivity index (χ3n) is 5.37. The lowest BCUT2D eigenvalue weighted by molar-refractivity contribution is -0.121. The molecule has 0 N–H and O–H groups in total. The maximum absolute atomic E-state index is 12.9. The molecular formula is C28H25BrN2O5S. The number of hydrogen-bond acceptors (Lipinski definition) is 7. The van der Waals surface area contributed by atoms with E-state index in [4.69, 9.17) is 14.2 Å². The lowest BCUT2D eigenvalue weighted by Crippen LogP contribution is -2.23. The van der Waals surface area contributed by atoms with Crippen molar-refractivity contribution in [2.75, 3.05) is 20.8 Å². The average Bonchev–Trinajstić information content (AvgIpc) is 3.16. The summed E-state index contributed by atoms with van der Waals surface area (Å²) in [6.07, 6.45) is 1.80. The van der Waals surface area contributed by atoms with Crippen LogP contribution in [-0.2, 0) is 16.1 Å². The molecule has 7 nitrogen and oxygen atoms in total. The van der Waals surface area contributed by atoms with Crippen molar-refractivity contribution in [1.82, 2.24) is 4.90 Å². The molecule has 0 radical (unpaired) electrons. The van der Waals surface area contributed by atoms with Gasteiger partial charge in [0.15, 0.2) is 16.7 Å². The number of amidine groups is 1. The van der Waals surface area contributed by atoms with E-state index in [9.17, 15) is 9.59 Å². The van der Waals surface area contributed by atoms with E-state index in [1.807, 2.05) is 49.4 Å². The van der Waals surface area contributed by atoms with E-state index in [-0.39, 0.29) is 5.91 Å². The highest BCUT2D eigenvalue weighted by Crippen LogP contribution is 2.35. The number of nitrogens with zero attached hydrogens (tertiary/aromatic N) is 2. The van der Waals surface area contributed by atoms with Gasteiger partial charge in [0.05, 0.1) is 29.9 Å². The van der Waals surface area contributed by atoms with Crippen LogP contribution in [0.5, 0.6) is 11.5 Å². The monoisotopic (exact) mass is 580 g/mol. The van der Waals surface area contributed by atoms with Crippen LogP contribution in [0.4, 0.5) is 5.69 Å². The number of ether oxygens (including phenoxy) is 3. The number of carbonyl (C=O) groups is 2. The standard InChI is InChI=1S/C28H25BrN2O5S/c1-4-35-24-14-19(10-13-23(24)36-17-18-8-11-21(29)12-9-18)15-25-26(32)31(2)28(37-25)30-22-7-5-6-20(16-22)27(33)34-3/h5-16H,4,17H2,1-3H3. The van der Waals surface area contributed by atoms with Crippen LogP contribution < -0.4 is 9.47 Å². The molecule has 0 spiro atoms. The minimum absolute atomic E-state index is 0.165. The SMILES string of the molecule is CCOc1cc(C=C2SC(=Nc3cccc(C(=O)OC)c3)N(C)C2=O)ccc1OCc1ccc(Br)cc1. The molecule has 1 heterocycles. The Bertz CT molecular complexity index is 1370. The number of methoxy groups -OCH3 is 1. The Hall–Kier alpha value is -3.56. The number of benzene rings is 3. The molecule has 0 aromatic heterocycles. The number of carbonyl (C=O) groups excluding carboxylic acids is 2. The summed E-state index contributed by atoms with van der Waals surface area (Å²) in [5.41, 5.74) is 2.79. The first-order valence-electron chi connectivity index (χ1n) is 11.5. The zero-order chi connectivity index (χ0) is 26.4. The molecule has 190 valence electrons. The van der Waals surface area contributed by atoms with Gasteiger partial charge >= 0.3 is 5.97 Å².